The van der Waals surface area contributed by atoms with Gasteiger partial charge in [-0.3, -0.25) is 9.59 Å². The Bertz CT molecular complexity index is 913. The van der Waals surface area contributed by atoms with Gasteiger partial charge in [-0.25, -0.2) is 13.2 Å². The molecule has 2 N–H and O–H groups in total. The third-order valence-corrected chi connectivity index (χ3v) is 3.97. The highest BCUT2D eigenvalue weighted by atomic mass is 19.1. The van der Waals surface area contributed by atoms with Gasteiger partial charge in [0, 0.05) is 11.1 Å². The summed E-state index contributed by atoms with van der Waals surface area (Å²) < 4.78 is 39.3. The zero-order valence-electron chi connectivity index (χ0n) is 14.5. The van der Waals surface area contributed by atoms with Gasteiger partial charge in [0.1, 0.15) is 23.6 Å². The summed E-state index contributed by atoms with van der Waals surface area (Å²) in [6, 6.07) is 15.0. The second-order valence-corrected chi connectivity index (χ2v) is 5.95. The summed E-state index contributed by atoms with van der Waals surface area (Å²) in [7, 11) is 0. The summed E-state index contributed by atoms with van der Waals surface area (Å²) >= 11 is 0. The lowest BCUT2D eigenvalue weighted by Gasteiger charge is -2.21. The van der Waals surface area contributed by atoms with Crippen molar-refractivity contribution >= 4 is 11.8 Å². The second kappa shape index (κ2) is 8.39. The van der Waals surface area contributed by atoms with E-state index in [4.69, 9.17) is 0 Å². The third kappa shape index (κ3) is 4.76. The van der Waals surface area contributed by atoms with Gasteiger partial charge < -0.3 is 10.6 Å². The van der Waals surface area contributed by atoms with Crippen molar-refractivity contribution < 1.29 is 22.8 Å². The van der Waals surface area contributed by atoms with Crippen LogP contribution in [0.1, 0.15) is 32.4 Å². The molecule has 0 bridgehead atoms. The van der Waals surface area contributed by atoms with E-state index in [1.807, 2.05) is 0 Å². The summed E-state index contributed by atoms with van der Waals surface area (Å²) in [5.41, 5.74) is 0.793. The van der Waals surface area contributed by atoms with Crippen LogP contribution in [0, 0.1) is 17.5 Å². The van der Waals surface area contributed by atoms with Crippen LogP contribution in [0.3, 0.4) is 0 Å². The number of amides is 2. The summed E-state index contributed by atoms with van der Waals surface area (Å²) in [6.45, 7) is 0. The molecule has 28 heavy (non-hydrogen) atoms. The maximum Gasteiger partial charge on any atom is 0.253 e. The molecule has 0 heterocycles. The Hall–Kier alpha value is -3.61. The smallest absolute Gasteiger partial charge is 0.253 e. The van der Waals surface area contributed by atoms with Crippen molar-refractivity contribution in [3.05, 3.63) is 107 Å². The maximum atomic E-state index is 13.2. The first-order valence-electron chi connectivity index (χ1n) is 8.31. The lowest BCUT2D eigenvalue weighted by atomic mass is 10.1. The molecular weight excluding hydrogens is 369 g/mol. The van der Waals surface area contributed by atoms with Gasteiger partial charge in [0.25, 0.3) is 11.8 Å². The van der Waals surface area contributed by atoms with Crippen LogP contribution in [0.25, 0.3) is 0 Å². The summed E-state index contributed by atoms with van der Waals surface area (Å²) in [4.78, 5) is 24.9. The number of halogens is 3. The van der Waals surface area contributed by atoms with Gasteiger partial charge >= 0.3 is 0 Å². The Balaban J connectivity index is 1.83. The molecule has 3 aromatic rings. The van der Waals surface area contributed by atoms with Crippen LogP contribution in [0.4, 0.5) is 13.2 Å². The minimum atomic E-state index is -0.990. The van der Waals surface area contributed by atoms with Gasteiger partial charge in [-0.05, 0) is 66.2 Å². The third-order valence-electron chi connectivity index (χ3n) is 3.97. The molecule has 0 aliphatic carbocycles. The monoisotopic (exact) mass is 384 g/mol. The molecule has 2 amide bonds. The van der Waals surface area contributed by atoms with Crippen molar-refractivity contribution in [1.82, 2.24) is 10.6 Å². The molecule has 0 saturated carbocycles. The SMILES string of the molecule is O=C(NC(NC(=O)c1ccc(F)cc1)c1ccc(F)cc1)c1ccc(F)cc1. The molecule has 0 spiro atoms. The van der Waals surface area contributed by atoms with Gasteiger partial charge in [-0.1, -0.05) is 12.1 Å². The van der Waals surface area contributed by atoms with E-state index in [0.29, 0.717) is 5.56 Å². The Morgan fingerprint density at radius 3 is 1.25 bits per heavy atom. The first kappa shape index (κ1) is 19.2. The van der Waals surface area contributed by atoms with Crippen LogP contribution in [0.5, 0.6) is 0 Å². The first-order chi connectivity index (χ1) is 13.4. The molecule has 0 aromatic heterocycles. The molecule has 3 rings (SSSR count). The van der Waals surface area contributed by atoms with Gasteiger partial charge in [-0.2, -0.15) is 0 Å². The predicted octanol–water partition coefficient (Wildman–Crippen LogP) is 3.96. The molecule has 0 saturated heterocycles. The fraction of sp³-hybridized carbons (Fsp3) is 0.0476. The van der Waals surface area contributed by atoms with Crippen molar-refractivity contribution in [2.75, 3.05) is 0 Å². The molecular formula is C21H15F3N2O2. The molecule has 3 aromatic carbocycles. The highest BCUT2D eigenvalue weighted by Crippen LogP contribution is 2.14. The molecule has 0 fully saturated rings. The molecule has 0 atom stereocenters. The van der Waals surface area contributed by atoms with Gasteiger partial charge in [0.2, 0.25) is 0 Å². The predicted molar refractivity (Wildman–Crippen MR) is 96.9 cm³/mol. The van der Waals surface area contributed by atoms with Crippen LogP contribution in [-0.2, 0) is 0 Å². The lowest BCUT2D eigenvalue weighted by Crippen LogP contribution is -2.41. The Kier molecular flexibility index (Phi) is 5.74. The van der Waals surface area contributed by atoms with Crippen LogP contribution in [-0.4, -0.2) is 11.8 Å². The van der Waals surface area contributed by atoms with E-state index in [9.17, 15) is 22.8 Å². The molecule has 0 radical (unpaired) electrons. The molecule has 142 valence electrons. The Morgan fingerprint density at radius 2 is 0.893 bits per heavy atom. The van der Waals surface area contributed by atoms with E-state index in [1.54, 1.807) is 0 Å². The molecule has 7 heteroatoms. The van der Waals surface area contributed by atoms with E-state index in [-0.39, 0.29) is 11.1 Å². The van der Waals surface area contributed by atoms with E-state index >= 15 is 0 Å². The molecule has 4 nitrogen and oxygen atoms in total. The average Bonchev–Trinajstić information content (AvgIpc) is 2.69. The van der Waals surface area contributed by atoms with E-state index in [1.165, 1.54) is 48.5 Å². The van der Waals surface area contributed by atoms with Gasteiger partial charge in [0.15, 0.2) is 0 Å². The summed E-state index contributed by atoms with van der Waals surface area (Å²) in [6.07, 6.45) is -0.990. The molecule has 0 aliphatic heterocycles. The van der Waals surface area contributed by atoms with E-state index in [0.717, 1.165) is 24.3 Å². The van der Waals surface area contributed by atoms with Crippen LogP contribution >= 0.6 is 0 Å². The minimum Gasteiger partial charge on any atom is -0.328 e. The quantitative estimate of drug-likeness (QED) is 0.654. The highest BCUT2D eigenvalue weighted by molar-refractivity contribution is 5.96. The lowest BCUT2D eigenvalue weighted by molar-refractivity contribution is 0.0883. The van der Waals surface area contributed by atoms with Gasteiger partial charge in [0.05, 0.1) is 0 Å². The van der Waals surface area contributed by atoms with Crippen molar-refractivity contribution in [3.63, 3.8) is 0 Å². The zero-order valence-corrected chi connectivity index (χ0v) is 14.5. The number of hydrogen-bond donors (Lipinski definition) is 2. The number of carbonyl (C=O) groups is 2. The topological polar surface area (TPSA) is 58.2 Å². The van der Waals surface area contributed by atoms with Crippen LogP contribution < -0.4 is 10.6 Å². The highest BCUT2D eigenvalue weighted by Gasteiger charge is 2.19. The first-order valence-corrected chi connectivity index (χ1v) is 8.31. The van der Waals surface area contributed by atoms with Crippen LogP contribution in [0.2, 0.25) is 0 Å². The van der Waals surface area contributed by atoms with Crippen LogP contribution in [0.15, 0.2) is 72.8 Å². The second-order valence-electron chi connectivity index (χ2n) is 5.95. The standard InChI is InChI=1S/C21H15F3N2O2/c22-16-7-1-13(2-8-16)19(25-20(27)14-3-9-17(23)10-4-14)26-21(28)15-5-11-18(24)12-6-15/h1-12,19H,(H,25,27)(H,26,28). The van der Waals surface area contributed by atoms with Crippen molar-refractivity contribution in [1.29, 1.82) is 0 Å². The zero-order chi connectivity index (χ0) is 20.1. The number of rotatable bonds is 5. The summed E-state index contributed by atoms with van der Waals surface area (Å²) in [5, 5.41) is 5.22. The fourth-order valence-corrected chi connectivity index (χ4v) is 2.49. The van der Waals surface area contributed by atoms with E-state index in [2.05, 4.69) is 10.6 Å². The minimum absolute atomic E-state index is 0.185. The Morgan fingerprint density at radius 1 is 0.571 bits per heavy atom. The Labute approximate surface area is 159 Å². The van der Waals surface area contributed by atoms with E-state index < -0.39 is 35.4 Å². The van der Waals surface area contributed by atoms with Crippen molar-refractivity contribution in [2.24, 2.45) is 0 Å². The summed E-state index contributed by atoms with van der Waals surface area (Å²) in [5.74, 6) is -2.58. The molecule has 0 unspecified atom stereocenters. The number of nitrogens with one attached hydrogen (secondary N) is 2. The average molecular weight is 384 g/mol. The number of benzene rings is 3. The fourth-order valence-electron chi connectivity index (χ4n) is 2.49. The van der Waals surface area contributed by atoms with Crippen molar-refractivity contribution in [3.8, 4) is 0 Å². The van der Waals surface area contributed by atoms with Gasteiger partial charge in [-0.15, -0.1) is 0 Å². The van der Waals surface area contributed by atoms with Crippen molar-refractivity contribution in [2.45, 2.75) is 6.17 Å². The molecule has 0 aliphatic rings. The normalized spacial score (nSPS) is 10.6. The maximum absolute atomic E-state index is 13.2. The largest absolute Gasteiger partial charge is 0.328 e. The number of carbonyl (C=O) groups excluding carboxylic acids is 2. The number of hydrogen-bond acceptors (Lipinski definition) is 2.